The molecule has 6 nitrogen and oxygen atoms in total. The van der Waals surface area contributed by atoms with Crippen LogP contribution in [0.1, 0.15) is 33.3 Å². The number of aromatic nitrogens is 1. The molecule has 2 bridgehead atoms. The molecule has 28 heavy (non-hydrogen) atoms. The number of thiophene rings is 1. The van der Waals surface area contributed by atoms with Gasteiger partial charge in [-0.3, -0.25) is 14.5 Å². The summed E-state index contributed by atoms with van der Waals surface area (Å²) in [5.41, 5.74) is 2.27. The summed E-state index contributed by atoms with van der Waals surface area (Å²) < 4.78 is 2.03. The predicted molar refractivity (Wildman–Crippen MR) is 110 cm³/mol. The highest BCUT2D eigenvalue weighted by molar-refractivity contribution is 7.12. The van der Waals surface area contributed by atoms with Crippen LogP contribution in [0.4, 0.5) is 0 Å². The van der Waals surface area contributed by atoms with E-state index in [2.05, 4.69) is 16.3 Å². The molecule has 2 saturated heterocycles. The quantitative estimate of drug-likeness (QED) is 0.853. The Morgan fingerprint density at radius 2 is 2.00 bits per heavy atom. The van der Waals surface area contributed by atoms with Gasteiger partial charge in [-0.2, -0.15) is 0 Å². The molecule has 7 heteroatoms. The van der Waals surface area contributed by atoms with Gasteiger partial charge in [0, 0.05) is 63.0 Å². The van der Waals surface area contributed by atoms with E-state index in [0.29, 0.717) is 18.4 Å². The Kier molecular flexibility index (Phi) is 4.82. The van der Waals surface area contributed by atoms with Gasteiger partial charge in [0.2, 0.25) is 0 Å². The number of carbonyl (C=O) groups is 1. The van der Waals surface area contributed by atoms with Crippen molar-refractivity contribution in [3.63, 3.8) is 0 Å². The van der Waals surface area contributed by atoms with Gasteiger partial charge in [-0.25, -0.2) is 0 Å². The molecule has 0 aromatic carbocycles. The normalized spacial score (nSPS) is 24.8. The van der Waals surface area contributed by atoms with Crippen LogP contribution in [0.3, 0.4) is 0 Å². The zero-order valence-corrected chi connectivity index (χ0v) is 16.8. The Labute approximate surface area is 168 Å². The number of nitrogens with zero attached hydrogens (tertiary/aromatic N) is 3. The van der Waals surface area contributed by atoms with E-state index < -0.39 is 0 Å². The second-order valence-corrected chi connectivity index (χ2v) is 9.15. The summed E-state index contributed by atoms with van der Waals surface area (Å²) in [7, 11) is 0. The molecule has 2 aromatic heterocycles. The third-order valence-corrected chi connectivity index (χ3v) is 7.23. The number of amides is 1. The second kappa shape index (κ2) is 7.46. The van der Waals surface area contributed by atoms with Crippen LogP contribution in [-0.4, -0.2) is 59.5 Å². The fourth-order valence-electron chi connectivity index (χ4n) is 4.86. The van der Waals surface area contributed by atoms with Crippen molar-refractivity contribution in [2.45, 2.75) is 25.4 Å². The Hall–Kier alpha value is -1.96. The maximum absolute atomic E-state index is 13.1. The van der Waals surface area contributed by atoms with Crippen molar-refractivity contribution in [2.24, 2.45) is 5.92 Å². The minimum absolute atomic E-state index is 0.128. The Morgan fingerprint density at radius 3 is 2.79 bits per heavy atom. The van der Waals surface area contributed by atoms with E-state index >= 15 is 0 Å². The van der Waals surface area contributed by atoms with Gasteiger partial charge in [-0.05, 0) is 36.4 Å². The van der Waals surface area contributed by atoms with Crippen LogP contribution in [0.25, 0.3) is 0 Å². The van der Waals surface area contributed by atoms with E-state index in [9.17, 15) is 9.59 Å². The summed E-state index contributed by atoms with van der Waals surface area (Å²) in [5, 5.41) is 5.44. The Morgan fingerprint density at radius 1 is 1.14 bits per heavy atom. The molecule has 1 amide bonds. The molecule has 0 spiro atoms. The van der Waals surface area contributed by atoms with Crippen LogP contribution < -0.4 is 10.9 Å². The van der Waals surface area contributed by atoms with E-state index in [0.717, 1.165) is 56.3 Å². The van der Waals surface area contributed by atoms with Crippen molar-refractivity contribution in [1.82, 2.24) is 19.7 Å². The molecule has 2 aromatic rings. The van der Waals surface area contributed by atoms with Crippen molar-refractivity contribution in [2.75, 3.05) is 39.3 Å². The summed E-state index contributed by atoms with van der Waals surface area (Å²) in [6.07, 6.45) is 1.20. The summed E-state index contributed by atoms with van der Waals surface area (Å²) in [6.45, 7) is 6.59. The average molecular weight is 399 g/mol. The van der Waals surface area contributed by atoms with Gasteiger partial charge in [0.05, 0.1) is 4.88 Å². The number of hydrogen-bond acceptors (Lipinski definition) is 5. The monoisotopic (exact) mass is 398 g/mol. The van der Waals surface area contributed by atoms with Gasteiger partial charge < -0.3 is 14.8 Å². The molecule has 0 unspecified atom stereocenters. The van der Waals surface area contributed by atoms with Gasteiger partial charge in [0.1, 0.15) is 0 Å². The number of carbonyl (C=O) groups excluding carboxylic acids is 1. The lowest BCUT2D eigenvalue weighted by molar-refractivity contribution is 0.0632. The molecular formula is C21H26N4O2S. The smallest absolute Gasteiger partial charge is 0.264 e. The van der Waals surface area contributed by atoms with Gasteiger partial charge >= 0.3 is 0 Å². The number of fused-ring (bicyclic) bond motifs is 4. The first-order valence-corrected chi connectivity index (χ1v) is 11.1. The van der Waals surface area contributed by atoms with Gasteiger partial charge in [0.25, 0.3) is 11.5 Å². The molecule has 3 aliphatic heterocycles. The van der Waals surface area contributed by atoms with Gasteiger partial charge in [-0.1, -0.05) is 12.1 Å². The lowest BCUT2D eigenvalue weighted by atomic mass is 9.84. The fourth-order valence-corrected chi connectivity index (χ4v) is 5.55. The van der Waals surface area contributed by atoms with Gasteiger partial charge in [-0.15, -0.1) is 11.3 Å². The van der Waals surface area contributed by atoms with E-state index in [-0.39, 0.29) is 11.5 Å². The third kappa shape index (κ3) is 3.32. The maximum atomic E-state index is 13.1. The highest BCUT2D eigenvalue weighted by Gasteiger charge is 2.31. The maximum Gasteiger partial charge on any atom is 0.264 e. The van der Waals surface area contributed by atoms with Crippen LogP contribution >= 0.6 is 11.3 Å². The number of piperazine rings is 1. The summed E-state index contributed by atoms with van der Waals surface area (Å²) in [5.74, 6) is 1.18. The van der Waals surface area contributed by atoms with Crippen LogP contribution in [0.2, 0.25) is 0 Å². The zero-order chi connectivity index (χ0) is 19.1. The summed E-state index contributed by atoms with van der Waals surface area (Å²) in [6, 6.07) is 8.01. The summed E-state index contributed by atoms with van der Waals surface area (Å²) in [4.78, 5) is 30.6. The van der Waals surface area contributed by atoms with E-state index in [1.54, 1.807) is 0 Å². The molecule has 2 atom stereocenters. The fraction of sp³-hybridized carbons (Fsp3) is 0.524. The van der Waals surface area contributed by atoms with Crippen LogP contribution in [0.15, 0.2) is 34.4 Å². The molecular weight excluding hydrogens is 372 g/mol. The van der Waals surface area contributed by atoms with Crippen LogP contribution in [0, 0.1) is 5.92 Å². The highest BCUT2D eigenvalue weighted by atomic mass is 32.1. The third-order valence-electron chi connectivity index (χ3n) is 6.37. The average Bonchev–Trinajstić information content (AvgIpc) is 3.26. The number of hydrogen-bond donors (Lipinski definition) is 1. The van der Waals surface area contributed by atoms with Crippen molar-refractivity contribution in [3.8, 4) is 0 Å². The molecule has 5 heterocycles. The van der Waals surface area contributed by atoms with Gasteiger partial charge in [0.15, 0.2) is 0 Å². The Balaban J connectivity index is 1.26. The number of rotatable bonds is 3. The lowest BCUT2D eigenvalue weighted by Crippen LogP contribution is -2.49. The van der Waals surface area contributed by atoms with Crippen LogP contribution in [0.5, 0.6) is 0 Å². The highest BCUT2D eigenvalue weighted by Crippen LogP contribution is 2.31. The molecule has 2 fully saturated rings. The molecule has 1 N–H and O–H groups in total. The first-order valence-electron chi connectivity index (χ1n) is 10.2. The number of piperidine rings is 1. The summed E-state index contributed by atoms with van der Waals surface area (Å²) >= 11 is 1.50. The first kappa shape index (κ1) is 18.1. The topological polar surface area (TPSA) is 57.6 Å². The minimum Gasteiger partial charge on any atom is -0.335 e. The standard InChI is InChI=1S/C21H26N4O2S/c26-20-16(3-4-18-17-10-15(11-22-12-17)13-25(18)20)14-23-5-7-24(8-6-23)21(27)19-2-1-9-28-19/h1-4,9,15,17,22H,5-8,10-14H2/t15-,17+/m0/s1. The van der Waals surface area contributed by atoms with Crippen molar-refractivity contribution in [1.29, 1.82) is 0 Å². The molecule has 0 aliphatic carbocycles. The lowest BCUT2D eigenvalue weighted by Gasteiger charge is -2.38. The molecule has 3 aliphatic rings. The molecule has 148 valence electrons. The van der Waals surface area contributed by atoms with Crippen LogP contribution in [-0.2, 0) is 13.1 Å². The second-order valence-electron chi connectivity index (χ2n) is 8.20. The zero-order valence-electron chi connectivity index (χ0n) is 16.0. The molecule has 5 rings (SSSR count). The van der Waals surface area contributed by atoms with Crippen molar-refractivity contribution < 1.29 is 4.79 Å². The van der Waals surface area contributed by atoms with Crippen molar-refractivity contribution in [3.05, 3.63) is 56.1 Å². The SMILES string of the molecule is O=C(c1cccs1)N1CCN(Cc2ccc3n(c2=O)C[C@@H]2CNC[C@H]3C2)CC1. The van der Waals surface area contributed by atoms with E-state index in [4.69, 9.17) is 0 Å². The predicted octanol–water partition coefficient (Wildman–Crippen LogP) is 1.57. The molecule has 0 saturated carbocycles. The minimum atomic E-state index is 0.128. The Bertz CT molecular complexity index is 915. The van der Waals surface area contributed by atoms with E-state index in [1.807, 2.05) is 33.0 Å². The number of nitrogens with one attached hydrogen (secondary N) is 1. The largest absolute Gasteiger partial charge is 0.335 e. The van der Waals surface area contributed by atoms with E-state index in [1.165, 1.54) is 23.5 Å². The first-order chi connectivity index (χ1) is 13.7. The number of pyridine rings is 1. The van der Waals surface area contributed by atoms with Crippen molar-refractivity contribution >= 4 is 17.2 Å². The molecule has 0 radical (unpaired) electrons.